The molecule has 0 saturated carbocycles. The Balaban J connectivity index is 1.42. The van der Waals surface area contributed by atoms with Crippen molar-refractivity contribution >= 4 is 17.6 Å². The van der Waals surface area contributed by atoms with E-state index in [4.69, 9.17) is 25.6 Å². The third kappa shape index (κ3) is 6.11. The highest BCUT2D eigenvalue weighted by Crippen LogP contribution is 2.20. The molecule has 2 N–H and O–H groups in total. The normalized spacial score (nSPS) is 11.2. The molecule has 9 heteroatoms. The van der Waals surface area contributed by atoms with Gasteiger partial charge in [0.25, 0.3) is 0 Å². The summed E-state index contributed by atoms with van der Waals surface area (Å²) in [4.78, 5) is 8.52. The van der Waals surface area contributed by atoms with Crippen LogP contribution in [0.15, 0.2) is 58.0 Å². The van der Waals surface area contributed by atoms with E-state index in [9.17, 15) is 0 Å². The van der Waals surface area contributed by atoms with E-state index in [0.29, 0.717) is 42.4 Å². The summed E-state index contributed by atoms with van der Waals surface area (Å²) >= 11 is 6.00. The zero-order valence-electron chi connectivity index (χ0n) is 16.2. The second-order valence-corrected chi connectivity index (χ2v) is 6.34. The average molecular weight is 416 g/mol. The van der Waals surface area contributed by atoms with Gasteiger partial charge in [0.1, 0.15) is 18.1 Å². The molecule has 3 rings (SSSR count). The lowest BCUT2D eigenvalue weighted by Gasteiger charge is -2.11. The summed E-state index contributed by atoms with van der Waals surface area (Å²) in [5.41, 5.74) is 0.797. The molecular weight excluding hydrogens is 394 g/mol. The molecule has 0 bridgehead atoms. The van der Waals surface area contributed by atoms with E-state index in [2.05, 4.69) is 25.8 Å². The lowest BCUT2D eigenvalue weighted by Crippen LogP contribution is -2.38. The summed E-state index contributed by atoms with van der Waals surface area (Å²) in [6.07, 6.45) is 0. The fourth-order valence-electron chi connectivity index (χ4n) is 2.46. The Morgan fingerprint density at radius 1 is 1.14 bits per heavy atom. The number of nitrogens with zero attached hydrogens (tertiary/aromatic N) is 3. The first-order chi connectivity index (χ1) is 14.2. The summed E-state index contributed by atoms with van der Waals surface area (Å²) in [5, 5.41) is 10.9. The lowest BCUT2D eigenvalue weighted by atomic mass is 10.2. The van der Waals surface area contributed by atoms with Crippen molar-refractivity contribution < 1.29 is 14.0 Å². The Morgan fingerprint density at radius 2 is 1.93 bits per heavy atom. The molecule has 1 aromatic heterocycles. The monoisotopic (exact) mass is 415 g/mol. The minimum absolute atomic E-state index is 0.340. The largest absolute Gasteiger partial charge is 0.497 e. The van der Waals surface area contributed by atoms with E-state index in [-0.39, 0.29) is 0 Å². The highest BCUT2D eigenvalue weighted by Gasteiger charge is 2.09. The SMILES string of the molecule is CN=C(NCCOc1ccc(OC)cc1)NCc1nc(-c2cccc(Cl)c2)no1. The van der Waals surface area contributed by atoms with Crippen molar-refractivity contribution in [1.29, 1.82) is 0 Å². The molecule has 0 fully saturated rings. The lowest BCUT2D eigenvalue weighted by molar-refractivity contribution is 0.320. The number of ether oxygens (including phenoxy) is 2. The average Bonchev–Trinajstić information content (AvgIpc) is 3.23. The molecule has 8 nitrogen and oxygen atoms in total. The van der Waals surface area contributed by atoms with E-state index < -0.39 is 0 Å². The van der Waals surface area contributed by atoms with E-state index in [1.54, 1.807) is 26.3 Å². The van der Waals surface area contributed by atoms with Gasteiger partial charge >= 0.3 is 0 Å². The van der Waals surface area contributed by atoms with Gasteiger partial charge in [0.15, 0.2) is 5.96 Å². The van der Waals surface area contributed by atoms with E-state index >= 15 is 0 Å². The Labute approximate surface area is 173 Å². The third-order valence-electron chi connectivity index (χ3n) is 3.90. The molecule has 3 aromatic rings. The first kappa shape index (κ1) is 20.5. The van der Waals surface area contributed by atoms with E-state index in [1.165, 1.54) is 0 Å². The summed E-state index contributed by atoms with van der Waals surface area (Å²) in [5.74, 6) is 3.10. The van der Waals surface area contributed by atoms with Crippen LogP contribution in [-0.4, -0.2) is 43.4 Å². The Bertz CT molecular complexity index is 943. The predicted octanol–water partition coefficient (Wildman–Crippen LogP) is 3.14. The molecule has 152 valence electrons. The van der Waals surface area contributed by atoms with Crippen LogP contribution in [-0.2, 0) is 6.54 Å². The third-order valence-corrected chi connectivity index (χ3v) is 4.14. The quantitative estimate of drug-likeness (QED) is 0.331. The minimum atomic E-state index is 0.340. The molecule has 0 aliphatic rings. The van der Waals surface area contributed by atoms with Crippen LogP contribution in [0.4, 0.5) is 0 Å². The van der Waals surface area contributed by atoms with Gasteiger partial charge in [-0.3, -0.25) is 4.99 Å². The molecular formula is C20H22ClN5O3. The molecule has 0 aliphatic carbocycles. The maximum atomic E-state index is 6.00. The number of hydrogen-bond donors (Lipinski definition) is 2. The van der Waals surface area contributed by atoms with Crippen molar-refractivity contribution in [2.75, 3.05) is 27.3 Å². The molecule has 0 unspecified atom stereocenters. The highest BCUT2D eigenvalue weighted by atomic mass is 35.5. The van der Waals surface area contributed by atoms with Gasteiger partial charge in [-0.1, -0.05) is 28.9 Å². The maximum absolute atomic E-state index is 6.00. The second kappa shape index (κ2) is 10.3. The number of aromatic nitrogens is 2. The second-order valence-electron chi connectivity index (χ2n) is 5.90. The Hall–Kier alpha value is -3.26. The molecule has 0 amide bonds. The fraction of sp³-hybridized carbons (Fsp3) is 0.250. The van der Waals surface area contributed by atoms with Gasteiger partial charge in [-0.15, -0.1) is 0 Å². The van der Waals surface area contributed by atoms with Crippen molar-refractivity contribution in [3.63, 3.8) is 0 Å². The van der Waals surface area contributed by atoms with Crippen LogP contribution in [0, 0.1) is 0 Å². The number of nitrogens with one attached hydrogen (secondary N) is 2. The van der Waals surface area contributed by atoms with Crippen LogP contribution >= 0.6 is 11.6 Å². The van der Waals surface area contributed by atoms with Gasteiger partial charge in [0, 0.05) is 17.6 Å². The summed E-state index contributed by atoms with van der Waals surface area (Å²) in [6, 6.07) is 14.7. The zero-order chi connectivity index (χ0) is 20.5. The number of methoxy groups -OCH3 is 1. The van der Waals surface area contributed by atoms with E-state index in [0.717, 1.165) is 17.1 Å². The first-order valence-corrected chi connectivity index (χ1v) is 9.35. The Morgan fingerprint density at radius 3 is 2.66 bits per heavy atom. The number of guanidine groups is 1. The minimum Gasteiger partial charge on any atom is -0.497 e. The summed E-state index contributed by atoms with van der Waals surface area (Å²) in [7, 11) is 3.32. The molecule has 0 spiro atoms. The topological polar surface area (TPSA) is 93.8 Å². The van der Waals surface area contributed by atoms with Crippen LogP contribution in [0.1, 0.15) is 5.89 Å². The zero-order valence-corrected chi connectivity index (χ0v) is 16.9. The number of halogens is 1. The van der Waals surface area contributed by atoms with Gasteiger partial charge in [-0.25, -0.2) is 0 Å². The number of aliphatic imine (C=N–C) groups is 1. The molecule has 0 aliphatic heterocycles. The molecule has 0 radical (unpaired) electrons. The van der Waals surface area contributed by atoms with Crippen LogP contribution in [0.5, 0.6) is 11.5 Å². The van der Waals surface area contributed by atoms with Gasteiger partial charge < -0.3 is 24.6 Å². The number of rotatable bonds is 8. The summed E-state index contributed by atoms with van der Waals surface area (Å²) < 4.78 is 16.1. The van der Waals surface area contributed by atoms with Crippen LogP contribution in [0.2, 0.25) is 5.02 Å². The van der Waals surface area contributed by atoms with Crippen LogP contribution in [0.3, 0.4) is 0 Å². The maximum Gasteiger partial charge on any atom is 0.246 e. The fourth-order valence-corrected chi connectivity index (χ4v) is 2.65. The van der Waals surface area contributed by atoms with Crippen molar-refractivity contribution in [2.45, 2.75) is 6.54 Å². The van der Waals surface area contributed by atoms with E-state index in [1.807, 2.05) is 36.4 Å². The van der Waals surface area contributed by atoms with Gasteiger partial charge in [0.2, 0.25) is 11.7 Å². The number of hydrogen-bond acceptors (Lipinski definition) is 6. The Kier molecular flexibility index (Phi) is 7.29. The molecule has 1 heterocycles. The molecule has 2 aromatic carbocycles. The number of benzene rings is 2. The van der Waals surface area contributed by atoms with Gasteiger partial charge in [-0.2, -0.15) is 4.98 Å². The first-order valence-electron chi connectivity index (χ1n) is 8.98. The standard InChI is InChI=1S/C20H22ClN5O3/c1-22-20(23-10-11-28-17-8-6-16(27-2)7-9-17)24-13-18-25-19(26-29-18)14-4-3-5-15(21)12-14/h3-9,12H,10-11,13H2,1-2H3,(H2,22,23,24). The van der Waals surface area contributed by atoms with Crippen molar-refractivity contribution in [2.24, 2.45) is 4.99 Å². The smallest absolute Gasteiger partial charge is 0.246 e. The molecule has 0 atom stereocenters. The molecule has 0 saturated heterocycles. The van der Waals surface area contributed by atoms with Gasteiger partial charge in [-0.05, 0) is 36.4 Å². The van der Waals surface area contributed by atoms with Crippen molar-refractivity contribution in [3.05, 3.63) is 59.4 Å². The van der Waals surface area contributed by atoms with Crippen LogP contribution < -0.4 is 20.1 Å². The van der Waals surface area contributed by atoms with Crippen LogP contribution in [0.25, 0.3) is 11.4 Å². The van der Waals surface area contributed by atoms with Crippen molar-refractivity contribution in [1.82, 2.24) is 20.8 Å². The van der Waals surface area contributed by atoms with Crippen molar-refractivity contribution in [3.8, 4) is 22.9 Å². The predicted molar refractivity (Wildman–Crippen MR) is 111 cm³/mol. The molecule has 29 heavy (non-hydrogen) atoms. The summed E-state index contributed by atoms with van der Waals surface area (Å²) in [6.45, 7) is 1.39. The van der Waals surface area contributed by atoms with Gasteiger partial charge in [0.05, 0.1) is 20.2 Å². The highest BCUT2D eigenvalue weighted by molar-refractivity contribution is 6.30.